The van der Waals surface area contributed by atoms with E-state index in [0.717, 1.165) is 76.2 Å². The van der Waals surface area contributed by atoms with Crippen molar-refractivity contribution in [2.45, 2.75) is 63.9 Å². The summed E-state index contributed by atoms with van der Waals surface area (Å²) in [5.41, 5.74) is 2.30. The summed E-state index contributed by atoms with van der Waals surface area (Å²) in [5, 5.41) is 0. The number of nitrogens with zero attached hydrogens (tertiary/aromatic N) is 4. The molecule has 1 aliphatic carbocycles. The zero-order valence-electron chi connectivity index (χ0n) is 20.7. The predicted octanol–water partition coefficient (Wildman–Crippen LogP) is 4.84. The van der Waals surface area contributed by atoms with Gasteiger partial charge in [-0.15, -0.1) is 0 Å². The number of carbonyl (C=O) groups is 1. The van der Waals surface area contributed by atoms with Gasteiger partial charge in [0.1, 0.15) is 5.82 Å². The van der Waals surface area contributed by atoms with E-state index in [9.17, 15) is 9.18 Å². The topological polar surface area (TPSA) is 58.6 Å². The summed E-state index contributed by atoms with van der Waals surface area (Å²) >= 11 is 0. The van der Waals surface area contributed by atoms with E-state index in [1.165, 1.54) is 16.5 Å². The molecule has 4 rings (SSSR count). The molecular formula is C27H37FN4O2. The highest BCUT2D eigenvalue weighted by Crippen LogP contribution is 2.36. The third-order valence-corrected chi connectivity index (χ3v) is 7.33. The lowest BCUT2D eigenvalue weighted by Crippen LogP contribution is -2.36. The van der Waals surface area contributed by atoms with Gasteiger partial charge in [0.25, 0.3) is 5.91 Å². The first-order valence-electron chi connectivity index (χ1n) is 12.6. The number of hydrogen-bond donors (Lipinski definition) is 0. The van der Waals surface area contributed by atoms with Crippen molar-refractivity contribution in [1.82, 2.24) is 14.9 Å². The molecule has 1 aliphatic heterocycles. The minimum atomic E-state index is -0.267. The lowest BCUT2D eigenvalue weighted by Gasteiger charge is -2.34. The molecule has 6 nitrogen and oxygen atoms in total. The molecule has 1 aromatic carbocycles. The summed E-state index contributed by atoms with van der Waals surface area (Å²) in [5.74, 6) is 1.17. The number of benzene rings is 1. The molecule has 0 spiro atoms. The Morgan fingerprint density at radius 3 is 2.35 bits per heavy atom. The standard InChI is InChI=1S/C27H37FN4O2/c1-4-19-16-29-27(30-17-19)32-13-11-20(12-14-32)18-34-23-8-5-21(6-9-23)24-10-7-22(15-25(24)28)26(33)31(2)3/h7,10,15-17,20-21,23H,4-6,8-9,11-14,18H2,1-3H3/t21-,23-. The first-order valence-corrected chi connectivity index (χ1v) is 12.6. The second-order valence-corrected chi connectivity index (χ2v) is 9.92. The molecule has 0 unspecified atom stereocenters. The van der Waals surface area contributed by atoms with Crippen LogP contribution in [0.5, 0.6) is 0 Å². The second-order valence-electron chi connectivity index (χ2n) is 9.92. The molecule has 1 amide bonds. The smallest absolute Gasteiger partial charge is 0.253 e. The van der Waals surface area contributed by atoms with Crippen molar-refractivity contribution in [3.63, 3.8) is 0 Å². The molecule has 1 saturated carbocycles. The van der Waals surface area contributed by atoms with E-state index in [1.54, 1.807) is 26.2 Å². The van der Waals surface area contributed by atoms with Gasteiger partial charge >= 0.3 is 0 Å². The van der Waals surface area contributed by atoms with Crippen LogP contribution in [0.2, 0.25) is 0 Å². The predicted molar refractivity (Wildman–Crippen MR) is 132 cm³/mol. The molecule has 0 bridgehead atoms. The van der Waals surface area contributed by atoms with Gasteiger partial charge in [0, 0.05) is 51.7 Å². The average molecular weight is 469 g/mol. The van der Waals surface area contributed by atoms with Crippen LogP contribution >= 0.6 is 0 Å². The first-order chi connectivity index (χ1) is 16.4. The van der Waals surface area contributed by atoms with Crippen LogP contribution in [0.1, 0.15) is 72.9 Å². The van der Waals surface area contributed by atoms with E-state index < -0.39 is 0 Å². The minimum Gasteiger partial charge on any atom is -0.378 e. The molecule has 2 fully saturated rings. The van der Waals surface area contributed by atoms with Gasteiger partial charge in [0.05, 0.1) is 6.10 Å². The molecular weight excluding hydrogens is 431 g/mol. The normalized spacial score (nSPS) is 21.5. The number of ether oxygens (including phenoxy) is 1. The summed E-state index contributed by atoms with van der Waals surface area (Å²) in [4.78, 5) is 24.8. The third-order valence-electron chi connectivity index (χ3n) is 7.33. The number of anilines is 1. The largest absolute Gasteiger partial charge is 0.378 e. The Labute approximate surface area is 202 Å². The number of aryl methyl sites for hydroxylation is 1. The molecule has 7 heteroatoms. The van der Waals surface area contributed by atoms with Crippen LogP contribution in [0.4, 0.5) is 10.3 Å². The maximum absolute atomic E-state index is 14.7. The molecule has 0 N–H and O–H groups in total. The minimum absolute atomic E-state index is 0.171. The Kier molecular flexibility index (Phi) is 8.14. The summed E-state index contributed by atoms with van der Waals surface area (Å²) in [7, 11) is 3.36. The lowest BCUT2D eigenvalue weighted by atomic mass is 9.82. The Bertz CT molecular complexity index is 950. The van der Waals surface area contributed by atoms with Crippen LogP contribution in [0.25, 0.3) is 0 Å². The van der Waals surface area contributed by atoms with E-state index >= 15 is 0 Å². The first kappa shape index (κ1) is 24.6. The SMILES string of the molecule is CCc1cnc(N2CCC(CO[C@H]3CC[C@H](c4ccc(C(=O)N(C)C)cc4F)CC3)CC2)nc1. The van der Waals surface area contributed by atoms with Crippen LogP contribution in [0.3, 0.4) is 0 Å². The molecule has 2 aliphatic rings. The molecule has 2 aromatic rings. The average Bonchev–Trinajstić information content (AvgIpc) is 2.87. The number of piperidine rings is 1. The second kappa shape index (κ2) is 11.3. The molecule has 1 aromatic heterocycles. The Balaban J connectivity index is 1.20. The fourth-order valence-corrected chi connectivity index (χ4v) is 5.06. The lowest BCUT2D eigenvalue weighted by molar-refractivity contribution is 0.000400. The Hall–Kier alpha value is -2.54. The van der Waals surface area contributed by atoms with Gasteiger partial charge in [-0.3, -0.25) is 4.79 Å². The van der Waals surface area contributed by atoms with Crippen molar-refractivity contribution in [3.05, 3.63) is 53.1 Å². The highest BCUT2D eigenvalue weighted by Gasteiger charge is 2.27. The molecule has 184 valence electrons. The fraction of sp³-hybridized carbons (Fsp3) is 0.593. The summed E-state index contributed by atoms with van der Waals surface area (Å²) in [6.45, 7) is 4.85. The quantitative estimate of drug-likeness (QED) is 0.582. The summed E-state index contributed by atoms with van der Waals surface area (Å²) in [6, 6.07) is 4.93. The van der Waals surface area contributed by atoms with Gasteiger partial charge in [-0.25, -0.2) is 14.4 Å². The van der Waals surface area contributed by atoms with E-state index in [4.69, 9.17) is 4.74 Å². The number of rotatable bonds is 7. The van der Waals surface area contributed by atoms with Crippen LogP contribution in [0, 0.1) is 11.7 Å². The van der Waals surface area contributed by atoms with Crippen molar-refractivity contribution in [1.29, 1.82) is 0 Å². The van der Waals surface area contributed by atoms with Crippen molar-refractivity contribution in [3.8, 4) is 0 Å². The van der Waals surface area contributed by atoms with Gasteiger partial charge in [0.2, 0.25) is 5.95 Å². The van der Waals surface area contributed by atoms with E-state index in [-0.39, 0.29) is 23.7 Å². The van der Waals surface area contributed by atoms with E-state index in [2.05, 4.69) is 21.8 Å². The maximum Gasteiger partial charge on any atom is 0.253 e. The zero-order valence-corrected chi connectivity index (χ0v) is 20.7. The monoisotopic (exact) mass is 468 g/mol. The van der Waals surface area contributed by atoms with Gasteiger partial charge in [-0.1, -0.05) is 13.0 Å². The summed E-state index contributed by atoms with van der Waals surface area (Å²) < 4.78 is 21.0. The van der Waals surface area contributed by atoms with Crippen LogP contribution < -0.4 is 4.90 Å². The van der Waals surface area contributed by atoms with Crippen LogP contribution in [-0.2, 0) is 11.2 Å². The van der Waals surface area contributed by atoms with Gasteiger partial charge in [-0.2, -0.15) is 0 Å². The van der Waals surface area contributed by atoms with Crippen molar-refractivity contribution in [2.24, 2.45) is 5.92 Å². The fourth-order valence-electron chi connectivity index (χ4n) is 5.06. The highest BCUT2D eigenvalue weighted by molar-refractivity contribution is 5.93. The van der Waals surface area contributed by atoms with E-state index in [0.29, 0.717) is 11.5 Å². The molecule has 0 radical (unpaired) electrons. The van der Waals surface area contributed by atoms with Crippen LogP contribution in [0.15, 0.2) is 30.6 Å². The number of aromatic nitrogens is 2. The highest BCUT2D eigenvalue weighted by atomic mass is 19.1. The number of carbonyl (C=O) groups excluding carboxylic acids is 1. The van der Waals surface area contributed by atoms with Gasteiger partial charge < -0.3 is 14.5 Å². The van der Waals surface area contributed by atoms with Gasteiger partial charge in [-0.05, 0) is 80.0 Å². The zero-order chi connectivity index (χ0) is 24.1. The third kappa shape index (κ3) is 5.93. The molecule has 34 heavy (non-hydrogen) atoms. The Morgan fingerprint density at radius 2 is 1.76 bits per heavy atom. The maximum atomic E-state index is 14.7. The Morgan fingerprint density at radius 1 is 1.09 bits per heavy atom. The van der Waals surface area contributed by atoms with E-state index in [1.807, 2.05) is 12.4 Å². The van der Waals surface area contributed by atoms with Crippen molar-refractivity contribution in [2.75, 3.05) is 38.7 Å². The number of hydrogen-bond acceptors (Lipinski definition) is 5. The van der Waals surface area contributed by atoms with Crippen molar-refractivity contribution < 1.29 is 13.9 Å². The molecule has 1 saturated heterocycles. The number of halogens is 1. The van der Waals surface area contributed by atoms with Crippen LogP contribution in [-0.4, -0.2) is 60.7 Å². The number of amides is 1. The van der Waals surface area contributed by atoms with Gasteiger partial charge in [0.15, 0.2) is 0 Å². The molecule has 2 heterocycles. The van der Waals surface area contributed by atoms with Crippen molar-refractivity contribution >= 4 is 11.9 Å². The summed E-state index contributed by atoms with van der Waals surface area (Å²) in [6.07, 6.45) is 11.0. The molecule has 0 atom stereocenters.